The molecular formula is C16H24N2O. The third-order valence-corrected chi connectivity index (χ3v) is 3.91. The van der Waals surface area contributed by atoms with Gasteiger partial charge in [-0.05, 0) is 43.4 Å². The highest BCUT2D eigenvalue weighted by molar-refractivity contribution is 5.95. The van der Waals surface area contributed by atoms with E-state index in [1.54, 1.807) is 0 Å². The van der Waals surface area contributed by atoms with Gasteiger partial charge in [0.15, 0.2) is 0 Å². The predicted molar refractivity (Wildman–Crippen MR) is 79.6 cm³/mol. The summed E-state index contributed by atoms with van der Waals surface area (Å²) in [5, 5.41) is 6.40. The highest BCUT2D eigenvalue weighted by Crippen LogP contribution is 2.23. The van der Waals surface area contributed by atoms with Gasteiger partial charge in [-0.1, -0.05) is 26.3 Å². The molecule has 19 heavy (non-hydrogen) atoms. The summed E-state index contributed by atoms with van der Waals surface area (Å²) in [6.07, 6.45) is 3.25. The molecule has 0 radical (unpaired) electrons. The standard InChI is InChI=1S/C16H24N2O/c1-4-11(2)9-12(3)18-16(19)14-6-5-13-7-8-17-15(13)10-14/h5-6,10-12,17H,4,7-9H2,1-3H3,(H,18,19). The minimum absolute atomic E-state index is 0.0345. The van der Waals surface area contributed by atoms with Gasteiger partial charge in [0.1, 0.15) is 0 Å². The van der Waals surface area contributed by atoms with Gasteiger partial charge in [-0.3, -0.25) is 4.79 Å². The summed E-state index contributed by atoms with van der Waals surface area (Å²) in [4.78, 5) is 12.2. The lowest BCUT2D eigenvalue weighted by Crippen LogP contribution is -2.33. The molecule has 1 aromatic rings. The Kier molecular flexibility index (Phi) is 4.46. The van der Waals surface area contributed by atoms with Gasteiger partial charge in [0.25, 0.3) is 5.91 Å². The second-order valence-corrected chi connectivity index (χ2v) is 5.67. The molecule has 1 aliphatic heterocycles. The zero-order valence-electron chi connectivity index (χ0n) is 12.1. The number of anilines is 1. The second-order valence-electron chi connectivity index (χ2n) is 5.67. The van der Waals surface area contributed by atoms with Crippen LogP contribution in [0, 0.1) is 5.92 Å². The van der Waals surface area contributed by atoms with Crippen LogP contribution in [0.15, 0.2) is 18.2 Å². The Bertz CT molecular complexity index is 456. The van der Waals surface area contributed by atoms with Crippen LogP contribution >= 0.6 is 0 Å². The first-order chi connectivity index (χ1) is 9.10. The molecule has 0 fully saturated rings. The molecule has 2 rings (SSSR count). The molecule has 0 saturated heterocycles. The van der Waals surface area contributed by atoms with E-state index in [9.17, 15) is 4.79 Å². The zero-order chi connectivity index (χ0) is 13.8. The van der Waals surface area contributed by atoms with E-state index in [0.29, 0.717) is 5.92 Å². The van der Waals surface area contributed by atoms with Crippen LogP contribution in [0.2, 0.25) is 0 Å². The van der Waals surface area contributed by atoms with Crippen molar-refractivity contribution in [3.63, 3.8) is 0 Å². The van der Waals surface area contributed by atoms with E-state index >= 15 is 0 Å². The number of carbonyl (C=O) groups excluding carboxylic acids is 1. The predicted octanol–water partition coefficient (Wildman–Crippen LogP) is 3.21. The molecule has 1 aliphatic rings. The summed E-state index contributed by atoms with van der Waals surface area (Å²) >= 11 is 0. The van der Waals surface area contributed by atoms with Gasteiger partial charge in [0.05, 0.1) is 0 Å². The van der Waals surface area contributed by atoms with Crippen molar-refractivity contribution >= 4 is 11.6 Å². The maximum absolute atomic E-state index is 12.2. The molecule has 1 heterocycles. The number of fused-ring (bicyclic) bond motifs is 1. The van der Waals surface area contributed by atoms with Crippen molar-refractivity contribution in [2.75, 3.05) is 11.9 Å². The van der Waals surface area contributed by atoms with E-state index in [4.69, 9.17) is 0 Å². The number of nitrogens with one attached hydrogen (secondary N) is 2. The van der Waals surface area contributed by atoms with Gasteiger partial charge in [-0.15, -0.1) is 0 Å². The van der Waals surface area contributed by atoms with Crippen LogP contribution in [0.1, 0.15) is 49.5 Å². The monoisotopic (exact) mass is 260 g/mol. The summed E-state index contributed by atoms with van der Waals surface area (Å²) < 4.78 is 0. The van der Waals surface area contributed by atoms with Gasteiger partial charge < -0.3 is 10.6 Å². The first-order valence-corrected chi connectivity index (χ1v) is 7.27. The number of rotatable bonds is 5. The van der Waals surface area contributed by atoms with Crippen LogP contribution in [0.5, 0.6) is 0 Å². The average molecular weight is 260 g/mol. The van der Waals surface area contributed by atoms with E-state index in [1.807, 2.05) is 12.1 Å². The van der Waals surface area contributed by atoms with Crippen molar-refractivity contribution in [3.8, 4) is 0 Å². The minimum atomic E-state index is 0.0345. The van der Waals surface area contributed by atoms with Gasteiger partial charge in [-0.25, -0.2) is 0 Å². The Morgan fingerprint density at radius 1 is 1.42 bits per heavy atom. The summed E-state index contributed by atoms with van der Waals surface area (Å²) in [7, 11) is 0. The first-order valence-electron chi connectivity index (χ1n) is 7.27. The summed E-state index contributed by atoms with van der Waals surface area (Å²) in [5.41, 5.74) is 3.18. The van der Waals surface area contributed by atoms with Crippen LogP contribution in [-0.4, -0.2) is 18.5 Å². The second kappa shape index (κ2) is 6.09. The Morgan fingerprint density at radius 3 is 2.95 bits per heavy atom. The highest BCUT2D eigenvalue weighted by atomic mass is 16.1. The van der Waals surface area contributed by atoms with Crippen LogP contribution in [0.4, 0.5) is 5.69 Å². The Balaban J connectivity index is 1.96. The van der Waals surface area contributed by atoms with Crippen LogP contribution in [-0.2, 0) is 6.42 Å². The lowest BCUT2D eigenvalue weighted by molar-refractivity contribution is 0.0935. The molecule has 1 aromatic carbocycles. The average Bonchev–Trinajstić information content (AvgIpc) is 2.85. The molecule has 0 aromatic heterocycles. The smallest absolute Gasteiger partial charge is 0.251 e. The Labute approximate surface area is 115 Å². The van der Waals surface area contributed by atoms with Gasteiger partial charge in [-0.2, -0.15) is 0 Å². The lowest BCUT2D eigenvalue weighted by atomic mass is 10.00. The lowest BCUT2D eigenvalue weighted by Gasteiger charge is -2.17. The van der Waals surface area contributed by atoms with Crippen molar-refractivity contribution in [1.82, 2.24) is 5.32 Å². The Morgan fingerprint density at radius 2 is 2.21 bits per heavy atom. The molecular weight excluding hydrogens is 236 g/mol. The Hall–Kier alpha value is -1.51. The van der Waals surface area contributed by atoms with Crippen LogP contribution in [0.25, 0.3) is 0 Å². The minimum Gasteiger partial charge on any atom is -0.384 e. The highest BCUT2D eigenvalue weighted by Gasteiger charge is 2.15. The quantitative estimate of drug-likeness (QED) is 0.853. The van der Waals surface area contributed by atoms with Gasteiger partial charge in [0.2, 0.25) is 0 Å². The third-order valence-electron chi connectivity index (χ3n) is 3.91. The number of hydrogen-bond donors (Lipinski definition) is 2. The zero-order valence-corrected chi connectivity index (χ0v) is 12.1. The molecule has 3 heteroatoms. The molecule has 2 N–H and O–H groups in total. The van der Waals surface area contributed by atoms with E-state index in [0.717, 1.165) is 37.1 Å². The van der Waals surface area contributed by atoms with Crippen LogP contribution < -0.4 is 10.6 Å². The summed E-state index contributed by atoms with van der Waals surface area (Å²) in [6.45, 7) is 7.47. The van der Waals surface area contributed by atoms with Crippen molar-refractivity contribution < 1.29 is 4.79 Å². The number of hydrogen-bond acceptors (Lipinski definition) is 2. The van der Waals surface area contributed by atoms with E-state index < -0.39 is 0 Å². The first kappa shape index (κ1) is 13.9. The summed E-state index contributed by atoms with van der Waals surface area (Å²) in [5.74, 6) is 0.685. The molecule has 3 nitrogen and oxygen atoms in total. The van der Waals surface area contributed by atoms with Crippen molar-refractivity contribution in [2.24, 2.45) is 5.92 Å². The van der Waals surface area contributed by atoms with Crippen molar-refractivity contribution in [3.05, 3.63) is 29.3 Å². The van der Waals surface area contributed by atoms with Crippen molar-refractivity contribution in [2.45, 2.75) is 46.1 Å². The SMILES string of the molecule is CCC(C)CC(C)NC(=O)c1ccc2c(c1)NCC2. The molecule has 0 saturated carbocycles. The molecule has 0 aliphatic carbocycles. The summed E-state index contributed by atoms with van der Waals surface area (Å²) in [6, 6.07) is 6.18. The van der Waals surface area contributed by atoms with E-state index in [1.165, 1.54) is 5.56 Å². The topological polar surface area (TPSA) is 41.1 Å². The molecule has 0 spiro atoms. The fourth-order valence-electron chi connectivity index (χ4n) is 2.57. The number of carbonyl (C=O) groups is 1. The normalized spacial score (nSPS) is 16.4. The third kappa shape index (κ3) is 3.49. The maximum Gasteiger partial charge on any atom is 0.251 e. The van der Waals surface area contributed by atoms with Gasteiger partial charge in [0, 0.05) is 23.8 Å². The molecule has 2 unspecified atom stereocenters. The molecule has 2 atom stereocenters. The van der Waals surface area contributed by atoms with E-state index in [-0.39, 0.29) is 11.9 Å². The van der Waals surface area contributed by atoms with Crippen LogP contribution in [0.3, 0.4) is 0 Å². The number of amides is 1. The number of benzene rings is 1. The van der Waals surface area contributed by atoms with Crippen molar-refractivity contribution in [1.29, 1.82) is 0 Å². The fraction of sp³-hybridized carbons (Fsp3) is 0.562. The molecule has 1 amide bonds. The molecule has 104 valence electrons. The fourth-order valence-corrected chi connectivity index (χ4v) is 2.57. The maximum atomic E-state index is 12.2. The largest absolute Gasteiger partial charge is 0.384 e. The molecule has 0 bridgehead atoms. The van der Waals surface area contributed by atoms with E-state index in [2.05, 4.69) is 37.5 Å². The van der Waals surface area contributed by atoms with Gasteiger partial charge >= 0.3 is 0 Å².